The van der Waals surface area contributed by atoms with Gasteiger partial charge in [-0.1, -0.05) is 133 Å². The van der Waals surface area contributed by atoms with Crippen LogP contribution in [0.4, 0.5) is 0 Å². The van der Waals surface area contributed by atoms with E-state index in [-0.39, 0.29) is 0 Å². The lowest BCUT2D eigenvalue weighted by Crippen LogP contribution is -2.00. The van der Waals surface area contributed by atoms with E-state index in [2.05, 4.69) is 158 Å². The number of hydrogen-bond donors (Lipinski definition) is 0. The Morgan fingerprint density at radius 3 is 0.648 bits per heavy atom. The van der Waals surface area contributed by atoms with Crippen LogP contribution < -0.4 is 0 Å². The molecule has 0 heteroatoms. The third-order valence-electron chi connectivity index (χ3n) is 13.5. The van der Waals surface area contributed by atoms with Gasteiger partial charge in [0.1, 0.15) is 0 Å². The highest BCUT2D eigenvalue weighted by Crippen LogP contribution is 2.60. The minimum Gasteiger partial charge on any atom is -0.0622 e. The molecule has 242 valence electrons. The van der Waals surface area contributed by atoms with Crippen LogP contribution in [0.5, 0.6) is 0 Å². The van der Waals surface area contributed by atoms with Gasteiger partial charge in [0.15, 0.2) is 0 Å². The van der Waals surface area contributed by atoms with Gasteiger partial charge in [0, 0.05) is 0 Å². The second kappa shape index (κ2) is 8.77. The van der Waals surface area contributed by atoms with Gasteiger partial charge < -0.3 is 0 Å². The average molecular weight is 675 g/mol. The molecule has 15 aromatic carbocycles. The van der Waals surface area contributed by atoms with Crippen LogP contribution in [0.3, 0.4) is 0 Å². The third kappa shape index (κ3) is 2.78. The fourth-order valence-electron chi connectivity index (χ4n) is 11.6. The molecule has 15 aromatic rings. The number of rotatable bonds is 2. The second-order valence-electron chi connectivity index (χ2n) is 15.8. The lowest BCUT2D eigenvalue weighted by molar-refractivity contribution is 1.66. The summed E-state index contributed by atoms with van der Waals surface area (Å²) in [5.74, 6) is 0. The fourth-order valence-corrected chi connectivity index (χ4v) is 11.6. The van der Waals surface area contributed by atoms with Gasteiger partial charge in [-0.15, -0.1) is 0 Å². The summed E-state index contributed by atoms with van der Waals surface area (Å²) in [5.41, 5.74) is 5.03. The highest BCUT2D eigenvalue weighted by atomic mass is 14.3. The van der Waals surface area contributed by atoms with Gasteiger partial charge in [-0.05, 0) is 176 Å². The molecular formula is C54H26. The Hall–Kier alpha value is -7.02. The number of fused-ring (bicyclic) bond motifs is 6. The van der Waals surface area contributed by atoms with E-state index < -0.39 is 0 Å². The van der Waals surface area contributed by atoms with Gasteiger partial charge in [-0.25, -0.2) is 0 Å². The van der Waals surface area contributed by atoms with E-state index in [9.17, 15) is 0 Å². The summed E-state index contributed by atoms with van der Waals surface area (Å²) in [6, 6.07) is 60.3. The lowest BCUT2D eigenvalue weighted by Gasteiger charge is -2.29. The Morgan fingerprint density at radius 2 is 0.370 bits per heavy atom. The van der Waals surface area contributed by atoms with Crippen molar-refractivity contribution in [1.82, 2.24) is 0 Å². The minimum absolute atomic E-state index is 1.25. The van der Waals surface area contributed by atoms with Crippen molar-refractivity contribution in [3.8, 4) is 22.3 Å². The normalized spacial score (nSPS) is 13.2. The standard InChI is InChI=1S/C54H26/c1-3-11-27(12-4-1)29-23-39-37-21-9-19-35-33-17-7-15-31-32-16-8-18-34-36-20-10-22-38-40-24-30(28-13-5-2-6-14-28)26-42-41(25-29)47(39)53-51(45(35)37)49(43(31)33)50(44(32)34)52(46(36)38)54(53)48(40)42/h1-26H. The zero-order chi connectivity index (χ0) is 34.6. The van der Waals surface area contributed by atoms with Crippen molar-refractivity contribution < 1.29 is 0 Å². The van der Waals surface area contributed by atoms with Crippen molar-refractivity contribution in [3.63, 3.8) is 0 Å². The second-order valence-corrected chi connectivity index (χ2v) is 15.8. The minimum atomic E-state index is 1.25. The molecule has 0 atom stereocenters. The van der Waals surface area contributed by atoms with Gasteiger partial charge in [0.25, 0.3) is 0 Å². The molecular weight excluding hydrogens is 649 g/mol. The summed E-state index contributed by atoms with van der Waals surface area (Å²) in [5, 5.41) is 33.4. The Balaban J connectivity index is 1.38. The molecule has 0 bridgehead atoms. The van der Waals surface area contributed by atoms with Crippen LogP contribution in [-0.2, 0) is 0 Å². The van der Waals surface area contributed by atoms with Crippen LogP contribution in [0.2, 0.25) is 0 Å². The fraction of sp³-hybridized carbons (Fsp3) is 0. The highest BCUT2D eigenvalue weighted by molar-refractivity contribution is 6.61. The van der Waals surface area contributed by atoms with E-state index in [1.54, 1.807) is 0 Å². The first-order valence-corrected chi connectivity index (χ1v) is 19.1. The van der Waals surface area contributed by atoms with Crippen LogP contribution >= 0.6 is 0 Å². The molecule has 0 aliphatic rings. The van der Waals surface area contributed by atoms with E-state index in [1.165, 1.54) is 152 Å². The molecule has 0 N–H and O–H groups in total. The maximum Gasteiger partial charge on any atom is -0.0000469 e. The molecule has 0 aromatic heterocycles. The summed E-state index contributed by atoms with van der Waals surface area (Å²) in [7, 11) is 0. The molecule has 0 unspecified atom stereocenters. The summed E-state index contributed by atoms with van der Waals surface area (Å²) in [4.78, 5) is 0. The van der Waals surface area contributed by atoms with Gasteiger partial charge in [-0.2, -0.15) is 0 Å². The first-order valence-electron chi connectivity index (χ1n) is 19.1. The Morgan fingerprint density at radius 1 is 0.148 bits per heavy atom. The van der Waals surface area contributed by atoms with Crippen LogP contribution in [0.1, 0.15) is 0 Å². The Kier molecular flexibility index (Phi) is 4.34. The predicted octanol–water partition coefficient (Wildman–Crippen LogP) is 15.5. The van der Waals surface area contributed by atoms with Crippen LogP contribution in [-0.4, -0.2) is 0 Å². The molecule has 0 saturated carbocycles. The van der Waals surface area contributed by atoms with Crippen molar-refractivity contribution >= 4 is 129 Å². The molecule has 0 saturated heterocycles. The van der Waals surface area contributed by atoms with Gasteiger partial charge in [-0.3, -0.25) is 0 Å². The number of benzene rings is 15. The molecule has 54 heavy (non-hydrogen) atoms. The van der Waals surface area contributed by atoms with Gasteiger partial charge in [0.05, 0.1) is 0 Å². The Labute approximate surface area is 308 Å². The zero-order valence-electron chi connectivity index (χ0n) is 29.0. The molecule has 0 spiro atoms. The van der Waals surface area contributed by atoms with Crippen molar-refractivity contribution in [2.45, 2.75) is 0 Å². The summed E-state index contributed by atoms with van der Waals surface area (Å²) < 4.78 is 0. The topological polar surface area (TPSA) is 0 Å². The molecule has 0 fully saturated rings. The van der Waals surface area contributed by atoms with E-state index >= 15 is 0 Å². The van der Waals surface area contributed by atoms with Crippen molar-refractivity contribution in [2.24, 2.45) is 0 Å². The van der Waals surface area contributed by atoms with Crippen molar-refractivity contribution in [3.05, 3.63) is 158 Å². The molecule has 15 rings (SSSR count). The average Bonchev–Trinajstić information content (AvgIpc) is 3.24. The zero-order valence-corrected chi connectivity index (χ0v) is 29.0. The molecule has 0 heterocycles. The van der Waals surface area contributed by atoms with Crippen LogP contribution in [0, 0.1) is 0 Å². The van der Waals surface area contributed by atoms with E-state index in [0.29, 0.717) is 0 Å². The highest BCUT2D eigenvalue weighted by Gasteiger charge is 2.31. The number of hydrogen-bond acceptors (Lipinski definition) is 0. The summed E-state index contributed by atoms with van der Waals surface area (Å²) >= 11 is 0. The third-order valence-corrected chi connectivity index (χ3v) is 13.5. The van der Waals surface area contributed by atoms with E-state index in [4.69, 9.17) is 0 Å². The van der Waals surface area contributed by atoms with Crippen LogP contribution in [0.15, 0.2) is 158 Å². The van der Waals surface area contributed by atoms with E-state index in [1.807, 2.05) is 0 Å². The maximum absolute atomic E-state index is 2.51. The van der Waals surface area contributed by atoms with Crippen molar-refractivity contribution in [2.75, 3.05) is 0 Å². The largest absolute Gasteiger partial charge is 0.0622 e. The lowest BCUT2D eigenvalue weighted by atomic mass is 9.73. The van der Waals surface area contributed by atoms with Crippen molar-refractivity contribution in [1.29, 1.82) is 0 Å². The smallest absolute Gasteiger partial charge is 0.0000469 e. The summed E-state index contributed by atoms with van der Waals surface area (Å²) in [6.07, 6.45) is 0. The van der Waals surface area contributed by atoms with Gasteiger partial charge >= 0.3 is 0 Å². The Bertz CT molecular complexity index is 3760. The first kappa shape index (κ1) is 26.7. The predicted molar refractivity (Wildman–Crippen MR) is 235 cm³/mol. The quantitative estimate of drug-likeness (QED) is 0.126. The first-order chi connectivity index (χ1) is 26.8. The maximum atomic E-state index is 2.51. The molecule has 0 radical (unpaired) electrons. The molecule has 0 aliphatic carbocycles. The SMILES string of the molecule is c1ccc(-c2cc3c4cccc5c6cccc7c8cccc9c%10cccc%11c%12cc(-c%13ccccc%13)cc%13c(c2)c3c2c(c54)c(c76)c(c89)c(c%10%11)c2c%12%13)cc1. The van der Waals surface area contributed by atoms with Crippen LogP contribution in [0.25, 0.3) is 152 Å². The molecule has 0 amide bonds. The van der Waals surface area contributed by atoms with E-state index in [0.717, 1.165) is 0 Å². The molecule has 0 nitrogen and oxygen atoms in total. The molecule has 0 aliphatic heterocycles. The van der Waals surface area contributed by atoms with Gasteiger partial charge in [0.2, 0.25) is 0 Å². The summed E-state index contributed by atoms with van der Waals surface area (Å²) in [6.45, 7) is 0. The monoisotopic (exact) mass is 674 g/mol.